The van der Waals surface area contributed by atoms with E-state index >= 15 is 0 Å². The van der Waals surface area contributed by atoms with Gasteiger partial charge in [-0.25, -0.2) is 9.79 Å². The van der Waals surface area contributed by atoms with Crippen molar-refractivity contribution in [1.82, 2.24) is 10.3 Å². The number of rotatable bonds is 5. The molecule has 0 aliphatic carbocycles. The third kappa shape index (κ3) is 5.40. The molecule has 1 aromatic carbocycles. The number of carboxylic acid groups (broad SMARTS) is 1. The summed E-state index contributed by atoms with van der Waals surface area (Å²) in [4.78, 5) is 39.8. The Balaban J connectivity index is 2.30. The number of nitrogens with one attached hydrogen (secondary N) is 1. The lowest BCUT2D eigenvalue weighted by atomic mass is 10.2. The van der Waals surface area contributed by atoms with Crippen molar-refractivity contribution in [3.8, 4) is 0 Å². The van der Waals surface area contributed by atoms with E-state index in [-0.39, 0.29) is 11.6 Å². The van der Waals surface area contributed by atoms with Gasteiger partial charge in [-0.1, -0.05) is 36.9 Å². The molecule has 28 heavy (non-hydrogen) atoms. The minimum atomic E-state index is -1.29. The molecule has 8 nitrogen and oxygen atoms in total. The highest BCUT2D eigenvalue weighted by atomic mass is 32.2. The van der Waals surface area contributed by atoms with Crippen LogP contribution in [0.4, 0.5) is 0 Å². The zero-order valence-electron chi connectivity index (χ0n) is 15.7. The quantitative estimate of drug-likeness (QED) is 0.738. The average molecular weight is 400 g/mol. The van der Waals surface area contributed by atoms with Gasteiger partial charge in [-0.3, -0.25) is 9.59 Å². The molecule has 2 amide bonds. The summed E-state index contributed by atoms with van der Waals surface area (Å²) in [5.74, 6) is -1.40. The number of allylic oxidation sites excluding steroid dienone is 3. The fourth-order valence-corrected chi connectivity index (χ4v) is 2.89. The van der Waals surface area contributed by atoms with Gasteiger partial charge in [0, 0.05) is 12.5 Å². The predicted molar refractivity (Wildman–Crippen MR) is 109 cm³/mol. The van der Waals surface area contributed by atoms with E-state index in [4.69, 9.17) is 0 Å². The fourth-order valence-electron chi connectivity index (χ4n) is 2.17. The second-order valence-corrected chi connectivity index (χ2v) is 6.83. The molecule has 0 fully saturated rings. The number of carboxylic acids is 1. The smallest absolute Gasteiger partial charge is 0.352 e. The molecule has 0 bridgehead atoms. The summed E-state index contributed by atoms with van der Waals surface area (Å²) in [6.45, 7) is 4.97. The molecule has 2 rings (SSSR count). The Hall–Kier alpha value is -3.20. The molecule has 0 spiro atoms. The van der Waals surface area contributed by atoms with Crippen LogP contribution in [0, 0.1) is 0 Å². The molecular formula is C19H20N4O4S. The number of thioether (sulfide) groups is 1. The van der Waals surface area contributed by atoms with Crippen molar-refractivity contribution in [3.63, 3.8) is 0 Å². The molecule has 0 saturated heterocycles. The van der Waals surface area contributed by atoms with Crippen LogP contribution in [-0.4, -0.2) is 44.5 Å². The number of amides is 2. The van der Waals surface area contributed by atoms with Crippen LogP contribution in [0.25, 0.3) is 0 Å². The number of hydrazone groups is 1. The van der Waals surface area contributed by atoms with Crippen molar-refractivity contribution < 1.29 is 19.5 Å². The van der Waals surface area contributed by atoms with E-state index in [1.165, 1.54) is 35.8 Å². The number of benzene rings is 1. The Labute approximate surface area is 166 Å². The van der Waals surface area contributed by atoms with Crippen LogP contribution < -0.4 is 5.32 Å². The van der Waals surface area contributed by atoms with Gasteiger partial charge in [0.1, 0.15) is 5.70 Å². The summed E-state index contributed by atoms with van der Waals surface area (Å²) >= 11 is 1.34. The summed E-state index contributed by atoms with van der Waals surface area (Å²) in [6, 6.07) is 8.30. The lowest BCUT2D eigenvalue weighted by Gasteiger charge is -2.22. The third-order valence-corrected chi connectivity index (χ3v) is 4.32. The lowest BCUT2D eigenvalue weighted by Crippen LogP contribution is -2.32. The number of aliphatic carboxylic acids is 1. The van der Waals surface area contributed by atoms with E-state index in [9.17, 15) is 19.5 Å². The van der Waals surface area contributed by atoms with E-state index in [0.717, 1.165) is 0 Å². The van der Waals surface area contributed by atoms with Crippen LogP contribution in [0.1, 0.15) is 31.1 Å². The third-order valence-electron chi connectivity index (χ3n) is 3.51. The normalized spacial score (nSPS) is 15.8. The largest absolute Gasteiger partial charge is 0.477 e. The molecule has 1 aliphatic heterocycles. The van der Waals surface area contributed by atoms with E-state index < -0.39 is 11.9 Å². The first-order chi connectivity index (χ1) is 13.3. The van der Waals surface area contributed by atoms with Gasteiger partial charge < -0.3 is 10.4 Å². The molecule has 1 aromatic rings. The van der Waals surface area contributed by atoms with Crippen molar-refractivity contribution in [2.75, 3.05) is 5.75 Å². The molecule has 9 heteroatoms. The highest BCUT2D eigenvalue weighted by Gasteiger charge is 2.22. The molecular weight excluding hydrogens is 380 g/mol. The zero-order chi connectivity index (χ0) is 20.7. The highest BCUT2D eigenvalue weighted by molar-refractivity contribution is 8.13. The maximum atomic E-state index is 12.2. The minimum absolute atomic E-state index is 0.269. The van der Waals surface area contributed by atoms with Crippen LogP contribution in [0.2, 0.25) is 0 Å². The summed E-state index contributed by atoms with van der Waals surface area (Å²) in [5.41, 5.74) is 0.893. The SMILES string of the molecule is CCSC1=N/C(=C\C=C(/NC(=O)c2ccccc2)C(=O)O)C(C)=NN1C(C)=O. The number of amidine groups is 1. The van der Waals surface area contributed by atoms with Gasteiger partial charge in [0.15, 0.2) is 5.17 Å². The number of nitrogens with zero attached hydrogens (tertiary/aromatic N) is 3. The summed E-state index contributed by atoms with van der Waals surface area (Å²) in [5, 5.41) is 17.6. The van der Waals surface area contributed by atoms with Crippen LogP contribution >= 0.6 is 11.8 Å². The Morgan fingerprint density at radius 1 is 1.25 bits per heavy atom. The molecule has 0 atom stereocenters. The van der Waals surface area contributed by atoms with Crippen molar-refractivity contribution in [2.45, 2.75) is 20.8 Å². The van der Waals surface area contributed by atoms with E-state index in [1.807, 2.05) is 6.92 Å². The van der Waals surface area contributed by atoms with Crippen LogP contribution in [0.5, 0.6) is 0 Å². The van der Waals surface area contributed by atoms with Gasteiger partial charge in [-0.2, -0.15) is 10.1 Å². The van der Waals surface area contributed by atoms with Crippen LogP contribution in [0.15, 0.2) is 64.0 Å². The predicted octanol–water partition coefficient (Wildman–Crippen LogP) is 2.62. The second kappa shape index (κ2) is 9.65. The molecule has 0 radical (unpaired) electrons. The summed E-state index contributed by atoms with van der Waals surface area (Å²) in [7, 11) is 0. The fraction of sp³-hybridized carbons (Fsp3) is 0.211. The Bertz CT molecular complexity index is 904. The summed E-state index contributed by atoms with van der Waals surface area (Å²) < 4.78 is 0. The highest BCUT2D eigenvalue weighted by Crippen LogP contribution is 2.19. The van der Waals surface area contributed by atoms with Gasteiger partial charge in [-0.05, 0) is 37.0 Å². The van der Waals surface area contributed by atoms with Crippen LogP contribution in [-0.2, 0) is 9.59 Å². The van der Waals surface area contributed by atoms with E-state index in [1.54, 1.807) is 37.3 Å². The van der Waals surface area contributed by atoms with Gasteiger partial charge >= 0.3 is 5.97 Å². The average Bonchev–Trinajstić information content (AvgIpc) is 2.67. The molecule has 2 N–H and O–H groups in total. The minimum Gasteiger partial charge on any atom is -0.477 e. The topological polar surface area (TPSA) is 111 Å². The first-order valence-electron chi connectivity index (χ1n) is 8.43. The van der Waals surface area contributed by atoms with E-state index in [0.29, 0.717) is 27.9 Å². The number of aliphatic imine (C=N–C) groups is 1. The maximum absolute atomic E-state index is 12.2. The number of carbonyl (C=O) groups is 3. The number of hydrogen-bond donors (Lipinski definition) is 2. The Morgan fingerprint density at radius 3 is 2.50 bits per heavy atom. The molecule has 0 saturated carbocycles. The van der Waals surface area contributed by atoms with E-state index in [2.05, 4.69) is 15.4 Å². The first kappa shape index (κ1) is 21.1. The Kier molecular flexibility index (Phi) is 7.28. The van der Waals surface area contributed by atoms with Gasteiger partial charge in [-0.15, -0.1) is 0 Å². The van der Waals surface area contributed by atoms with Crippen molar-refractivity contribution in [3.05, 3.63) is 59.4 Å². The number of hydrogen-bond acceptors (Lipinski definition) is 6. The second-order valence-electron chi connectivity index (χ2n) is 5.60. The van der Waals surface area contributed by atoms with Crippen LogP contribution in [0.3, 0.4) is 0 Å². The molecule has 1 aliphatic rings. The molecule has 0 unspecified atom stereocenters. The van der Waals surface area contributed by atoms with Crippen molar-refractivity contribution >= 4 is 40.4 Å². The van der Waals surface area contributed by atoms with Gasteiger partial charge in [0.2, 0.25) is 5.91 Å². The maximum Gasteiger partial charge on any atom is 0.352 e. The van der Waals surface area contributed by atoms with Gasteiger partial charge in [0.25, 0.3) is 5.91 Å². The molecule has 146 valence electrons. The zero-order valence-corrected chi connectivity index (χ0v) is 16.5. The standard InChI is InChI=1S/C19H20N4O4S/c1-4-28-19-21-15(12(2)22-23(19)13(3)24)10-11-16(18(26)27)20-17(25)14-8-6-5-7-9-14/h5-11H,4H2,1-3H3,(H,20,25)(H,26,27)/b15-10-,16-11-. The Morgan fingerprint density at radius 2 is 1.93 bits per heavy atom. The number of carbonyl (C=O) groups excluding carboxylic acids is 2. The molecule has 1 heterocycles. The molecule has 0 aromatic heterocycles. The van der Waals surface area contributed by atoms with Crippen molar-refractivity contribution in [2.24, 2.45) is 10.1 Å². The van der Waals surface area contributed by atoms with Crippen molar-refractivity contribution in [1.29, 1.82) is 0 Å². The monoisotopic (exact) mass is 400 g/mol. The lowest BCUT2D eigenvalue weighted by molar-refractivity contribution is -0.133. The summed E-state index contributed by atoms with van der Waals surface area (Å²) in [6.07, 6.45) is 2.69. The first-order valence-corrected chi connectivity index (χ1v) is 9.41. The van der Waals surface area contributed by atoms with Gasteiger partial charge in [0.05, 0.1) is 11.4 Å².